The average Bonchev–Trinajstić information content (AvgIpc) is 3.30. The number of alkyl halides is 3. The van der Waals surface area contributed by atoms with Crippen molar-refractivity contribution in [3.8, 4) is 0 Å². The number of carbonyl (C=O) groups is 1. The lowest BCUT2D eigenvalue weighted by Gasteiger charge is -2.10. The number of anilines is 1. The standard InChI is InChI=1S/C18H19F3N2O/c1-11-9-16(12(2)23(11)15-7-8-15)17(24)10-22-14-5-3-13(4-6-14)18(19,20)21/h3-6,9,15,22H,7-8,10H2,1-2H3. The molecule has 0 amide bonds. The number of hydrogen-bond acceptors (Lipinski definition) is 2. The first-order valence-electron chi connectivity index (χ1n) is 7.90. The van der Waals surface area contributed by atoms with Gasteiger partial charge in [0.15, 0.2) is 5.78 Å². The second kappa shape index (κ2) is 6.00. The van der Waals surface area contributed by atoms with Crippen molar-refractivity contribution in [2.24, 2.45) is 0 Å². The van der Waals surface area contributed by atoms with Gasteiger partial charge in [-0.3, -0.25) is 4.79 Å². The summed E-state index contributed by atoms with van der Waals surface area (Å²) in [5.74, 6) is -0.0603. The number of carbonyl (C=O) groups excluding carboxylic acids is 1. The van der Waals surface area contributed by atoms with Crippen LogP contribution in [-0.4, -0.2) is 16.9 Å². The van der Waals surface area contributed by atoms with Gasteiger partial charge in [0.05, 0.1) is 12.1 Å². The van der Waals surface area contributed by atoms with Crippen molar-refractivity contribution < 1.29 is 18.0 Å². The predicted octanol–water partition coefficient (Wildman–Crippen LogP) is 4.75. The van der Waals surface area contributed by atoms with Gasteiger partial charge in [-0.05, 0) is 57.0 Å². The van der Waals surface area contributed by atoms with Crippen molar-refractivity contribution in [2.45, 2.75) is 38.9 Å². The molecule has 2 aromatic rings. The van der Waals surface area contributed by atoms with Gasteiger partial charge in [-0.15, -0.1) is 0 Å². The summed E-state index contributed by atoms with van der Waals surface area (Å²) >= 11 is 0. The Balaban J connectivity index is 1.67. The Morgan fingerprint density at radius 2 is 1.83 bits per heavy atom. The molecule has 0 bridgehead atoms. The van der Waals surface area contributed by atoms with E-state index in [1.54, 1.807) is 0 Å². The molecule has 1 N–H and O–H groups in total. The Morgan fingerprint density at radius 3 is 2.38 bits per heavy atom. The minimum Gasteiger partial charge on any atom is -0.378 e. The highest BCUT2D eigenvalue weighted by Gasteiger charge is 2.30. The van der Waals surface area contributed by atoms with E-state index in [-0.39, 0.29) is 12.3 Å². The highest BCUT2D eigenvalue weighted by atomic mass is 19.4. The van der Waals surface area contributed by atoms with Crippen molar-refractivity contribution in [1.29, 1.82) is 0 Å². The summed E-state index contributed by atoms with van der Waals surface area (Å²) in [5.41, 5.74) is 2.51. The summed E-state index contributed by atoms with van der Waals surface area (Å²) < 4.78 is 39.8. The number of Topliss-reactive ketones (excluding diaryl/α,β-unsaturated/α-hetero) is 1. The fourth-order valence-corrected chi connectivity index (χ4v) is 3.01. The van der Waals surface area contributed by atoms with Crippen molar-refractivity contribution in [3.05, 3.63) is 52.8 Å². The number of benzene rings is 1. The molecular weight excluding hydrogens is 317 g/mol. The maximum atomic E-state index is 12.5. The minimum atomic E-state index is -4.35. The maximum Gasteiger partial charge on any atom is 0.416 e. The van der Waals surface area contributed by atoms with Crippen molar-refractivity contribution >= 4 is 11.5 Å². The van der Waals surface area contributed by atoms with Gasteiger partial charge in [0, 0.05) is 28.7 Å². The number of hydrogen-bond donors (Lipinski definition) is 1. The van der Waals surface area contributed by atoms with Crippen LogP contribution >= 0.6 is 0 Å². The second-order valence-electron chi connectivity index (χ2n) is 6.24. The van der Waals surface area contributed by atoms with Crippen LogP contribution in [0.4, 0.5) is 18.9 Å². The molecule has 0 unspecified atom stereocenters. The fraction of sp³-hybridized carbons (Fsp3) is 0.389. The Hall–Kier alpha value is -2.24. The molecule has 1 fully saturated rings. The molecule has 1 saturated carbocycles. The summed E-state index contributed by atoms with van der Waals surface area (Å²) in [7, 11) is 0. The van der Waals surface area contributed by atoms with Gasteiger partial charge in [0.25, 0.3) is 0 Å². The van der Waals surface area contributed by atoms with E-state index >= 15 is 0 Å². The van der Waals surface area contributed by atoms with E-state index < -0.39 is 11.7 Å². The van der Waals surface area contributed by atoms with Crippen molar-refractivity contribution in [2.75, 3.05) is 11.9 Å². The van der Waals surface area contributed by atoms with Crippen LogP contribution in [0, 0.1) is 13.8 Å². The molecule has 0 saturated heterocycles. The lowest BCUT2D eigenvalue weighted by Crippen LogP contribution is -2.15. The molecule has 128 valence electrons. The van der Waals surface area contributed by atoms with E-state index in [0.29, 0.717) is 17.3 Å². The molecule has 1 heterocycles. The first-order chi connectivity index (χ1) is 11.3. The van der Waals surface area contributed by atoms with Crippen LogP contribution in [0.25, 0.3) is 0 Å². The van der Waals surface area contributed by atoms with Crippen LogP contribution in [0.1, 0.15) is 46.2 Å². The zero-order valence-electron chi connectivity index (χ0n) is 13.6. The number of rotatable bonds is 5. The van der Waals surface area contributed by atoms with E-state index in [2.05, 4.69) is 9.88 Å². The van der Waals surface area contributed by atoms with Crippen LogP contribution in [-0.2, 0) is 6.18 Å². The monoisotopic (exact) mass is 336 g/mol. The van der Waals surface area contributed by atoms with Gasteiger partial charge in [-0.2, -0.15) is 13.2 Å². The SMILES string of the molecule is Cc1cc(C(=O)CNc2ccc(C(F)(F)F)cc2)c(C)n1C1CC1. The first-order valence-corrected chi connectivity index (χ1v) is 7.90. The topological polar surface area (TPSA) is 34.0 Å². The summed E-state index contributed by atoms with van der Waals surface area (Å²) in [6.45, 7) is 3.99. The van der Waals surface area contributed by atoms with Crippen LogP contribution in [0.3, 0.4) is 0 Å². The third-order valence-electron chi connectivity index (χ3n) is 4.36. The van der Waals surface area contributed by atoms with Gasteiger partial charge in [0.2, 0.25) is 0 Å². The normalized spacial score (nSPS) is 14.7. The molecule has 0 atom stereocenters. The number of nitrogens with one attached hydrogen (secondary N) is 1. The highest BCUT2D eigenvalue weighted by Crippen LogP contribution is 2.38. The Bertz CT molecular complexity index is 756. The summed E-state index contributed by atoms with van der Waals surface area (Å²) in [6, 6.07) is 7.09. The molecule has 1 aliphatic carbocycles. The summed E-state index contributed by atoms with van der Waals surface area (Å²) in [4.78, 5) is 12.4. The Morgan fingerprint density at radius 1 is 1.21 bits per heavy atom. The minimum absolute atomic E-state index is 0.0559. The Kier molecular flexibility index (Phi) is 4.15. The van der Waals surface area contributed by atoms with Gasteiger partial charge in [0.1, 0.15) is 0 Å². The number of ketones is 1. The van der Waals surface area contributed by atoms with Crippen LogP contribution in [0.2, 0.25) is 0 Å². The van der Waals surface area contributed by atoms with Crippen LogP contribution in [0.5, 0.6) is 0 Å². The Labute approximate surface area is 138 Å². The van der Waals surface area contributed by atoms with E-state index in [1.807, 2.05) is 19.9 Å². The molecule has 3 rings (SSSR count). The first kappa shape index (κ1) is 16.6. The zero-order chi connectivity index (χ0) is 17.5. The van der Waals surface area contributed by atoms with Gasteiger partial charge < -0.3 is 9.88 Å². The van der Waals surface area contributed by atoms with E-state index in [9.17, 15) is 18.0 Å². The number of aryl methyl sites for hydroxylation is 1. The molecule has 0 radical (unpaired) electrons. The molecule has 0 aliphatic heterocycles. The molecule has 24 heavy (non-hydrogen) atoms. The van der Waals surface area contributed by atoms with Gasteiger partial charge in [-0.1, -0.05) is 0 Å². The van der Waals surface area contributed by atoms with Crippen molar-refractivity contribution in [3.63, 3.8) is 0 Å². The molecule has 1 aliphatic rings. The lowest BCUT2D eigenvalue weighted by atomic mass is 10.1. The highest BCUT2D eigenvalue weighted by molar-refractivity contribution is 6.00. The average molecular weight is 336 g/mol. The van der Waals surface area contributed by atoms with Crippen LogP contribution in [0.15, 0.2) is 30.3 Å². The molecule has 6 heteroatoms. The summed E-state index contributed by atoms with van der Waals surface area (Å²) in [6.07, 6.45) is -2.06. The maximum absolute atomic E-state index is 12.5. The number of halogens is 3. The molecule has 0 spiro atoms. The van der Waals surface area contributed by atoms with E-state index in [4.69, 9.17) is 0 Å². The number of aromatic nitrogens is 1. The molecule has 1 aromatic heterocycles. The lowest BCUT2D eigenvalue weighted by molar-refractivity contribution is -0.137. The van der Waals surface area contributed by atoms with E-state index in [1.165, 1.54) is 12.1 Å². The van der Waals surface area contributed by atoms with E-state index in [0.717, 1.165) is 36.4 Å². The van der Waals surface area contributed by atoms with Gasteiger partial charge >= 0.3 is 6.18 Å². The third-order valence-corrected chi connectivity index (χ3v) is 4.36. The quantitative estimate of drug-likeness (QED) is 0.799. The molecule has 3 nitrogen and oxygen atoms in total. The fourth-order valence-electron chi connectivity index (χ4n) is 3.01. The predicted molar refractivity (Wildman–Crippen MR) is 86.4 cm³/mol. The third kappa shape index (κ3) is 3.32. The molecular formula is C18H19F3N2O. The number of nitrogens with zero attached hydrogens (tertiary/aromatic N) is 1. The molecule has 1 aromatic carbocycles. The summed E-state index contributed by atoms with van der Waals surface area (Å²) in [5, 5.41) is 2.90. The largest absolute Gasteiger partial charge is 0.416 e. The van der Waals surface area contributed by atoms with Crippen LogP contribution < -0.4 is 5.32 Å². The van der Waals surface area contributed by atoms with Gasteiger partial charge in [-0.25, -0.2) is 0 Å². The second-order valence-corrected chi connectivity index (χ2v) is 6.24. The smallest absolute Gasteiger partial charge is 0.378 e. The van der Waals surface area contributed by atoms with Crippen molar-refractivity contribution in [1.82, 2.24) is 4.57 Å². The zero-order valence-corrected chi connectivity index (χ0v) is 13.6.